The summed E-state index contributed by atoms with van der Waals surface area (Å²) in [6.45, 7) is 8.34. The molecule has 30 heavy (non-hydrogen) atoms. The van der Waals surface area contributed by atoms with Gasteiger partial charge in [-0.05, 0) is 48.9 Å². The predicted molar refractivity (Wildman–Crippen MR) is 120 cm³/mol. The van der Waals surface area contributed by atoms with Crippen molar-refractivity contribution < 1.29 is 19.3 Å². The van der Waals surface area contributed by atoms with Crippen molar-refractivity contribution in [3.05, 3.63) is 60.7 Å². The van der Waals surface area contributed by atoms with E-state index in [0.29, 0.717) is 13.0 Å². The number of rotatable bonds is 10. The first-order valence-electron chi connectivity index (χ1n) is 10.3. The molecule has 0 aromatic heterocycles. The highest BCUT2D eigenvalue weighted by Gasteiger charge is 2.20. The van der Waals surface area contributed by atoms with Gasteiger partial charge in [0, 0.05) is 44.0 Å². The number of methoxy groups -OCH3 is 2. The van der Waals surface area contributed by atoms with Crippen molar-refractivity contribution in [1.82, 2.24) is 4.90 Å². The summed E-state index contributed by atoms with van der Waals surface area (Å²) in [5.74, 6) is 2.42. The van der Waals surface area contributed by atoms with Gasteiger partial charge in [0.1, 0.15) is 30.0 Å². The highest BCUT2D eigenvalue weighted by molar-refractivity contribution is 5.49. The lowest BCUT2D eigenvalue weighted by Crippen LogP contribution is -2.49. The van der Waals surface area contributed by atoms with Crippen LogP contribution in [0.3, 0.4) is 0 Å². The summed E-state index contributed by atoms with van der Waals surface area (Å²) in [4.78, 5) is 4.64. The van der Waals surface area contributed by atoms with Gasteiger partial charge in [-0.15, -0.1) is 6.58 Å². The first kappa shape index (κ1) is 22.0. The summed E-state index contributed by atoms with van der Waals surface area (Å²) in [6, 6.07) is 13.9. The molecule has 2 aromatic carbocycles. The average molecular weight is 413 g/mol. The van der Waals surface area contributed by atoms with E-state index in [1.54, 1.807) is 14.2 Å². The monoisotopic (exact) mass is 412 g/mol. The maximum absolute atomic E-state index is 10.5. The van der Waals surface area contributed by atoms with Gasteiger partial charge in [-0.2, -0.15) is 0 Å². The number of allylic oxidation sites excluding steroid dienone is 1. The first-order valence-corrected chi connectivity index (χ1v) is 10.3. The van der Waals surface area contributed by atoms with Crippen molar-refractivity contribution >= 4 is 5.69 Å². The normalized spacial score (nSPS) is 15.5. The SMILES string of the molecule is C=CCc1cc(OC)ccc1OC[C@H](O)CN1CCN(c2ccc(OC)cc2)CC1. The number of benzene rings is 2. The van der Waals surface area contributed by atoms with Crippen molar-refractivity contribution in [2.45, 2.75) is 12.5 Å². The maximum Gasteiger partial charge on any atom is 0.123 e. The Hall–Kier alpha value is -2.70. The molecule has 3 rings (SSSR count). The van der Waals surface area contributed by atoms with Crippen molar-refractivity contribution in [3.8, 4) is 17.2 Å². The first-order chi connectivity index (χ1) is 14.6. The van der Waals surface area contributed by atoms with Crippen LogP contribution in [0.15, 0.2) is 55.1 Å². The van der Waals surface area contributed by atoms with Gasteiger partial charge < -0.3 is 24.2 Å². The molecular formula is C24H32N2O4. The van der Waals surface area contributed by atoms with Gasteiger partial charge in [0.05, 0.1) is 14.2 Å². The molecule has 6 heteroatoms. The molecule has 0 unspecified atom stereocenters. The van der Waals surface area contributed by atoms with Gasteiger partial charge in [0.15, 0.2) is 0 Å². The standard InChI is InChI=1S/C24H32N2O4/c1-4-5-19-16-23(29-3)10-11-24(19)30-18-21(27)17-25-12-14-26(15-13-25)20-6-8-22(28-2)9-7-20/h4,6-11,16,21,27H,1,5,12-15,17-18H2,2-3H3/t21-/m1/s1. The number of ether oxygens (including phenoxy) is 3. The number of β-amino-alcohol motifs (C(OH)–C–C–N with tert-alkyl or cyclic N) is 1. The number of hydrogen-bond donors (Lipinski definition) is 1. The Morgan fingerprint density at radius 2 is 1.67 bits per heavy atom. The van der Waals surface area contributed by atoms with Crippen molar-refractivity contribution in [1.29, 1.82) is 0 Å². The average Bonchev–Trinajstić information content (AvgIpc) is 2.79. The van der Waals surface area contributed by atoms with Gasteiger partial charge in [0.2, 0.25) is 0 Å². The minimum absolute atomic E-state index is 0.259. The fourth-order valence-electron chi connectivity index (χ4n) is 3.66. The Morgan fingerprint density at radius 1 is 1.00 bits per heavy atom. The summed E-state index contributed by atoms with van der Waals surface area (Å²) in [7, 11) is 3.32. The van der Waals surface area contributed by atoms with Crippen molar-refractivity contribution in [2.24, 2.45) is 0 Å². The lowest BCUT2D eigenvalue weighted by atomic mass is 10.1. The van der Waals surface area contributed by atoms with Gasteiger partial charge >= 0.3 is 0 Å². The van der Waals surface area contributed by atoms with Gasteiger partial charge in [-0.3, -0.25) is 4.90 Å². The van der Waals surface area contributed by atoms with E-state index in [-0.39, 0.29) is 6.61 Å². The van der Waals surface area contributed by atoms with E-state index < -0.39 is 6.10 Å². The second kappa shape index (κ2) is 10.9. The van der Waals surface area contributed by atoms with Crippen LogP contribution in [0, 0.1) is 0 Å². The van der Waals surface area contributed by atoms with E-state index in [9.17, 15) is 5.11 Å². The molecule has 0 saturated carbocycles. The highest BCUT2D eigenvalue weighted by atomic mass is 16.5. The third kappa shape index (κ3) is 5.90. The van der Waals surface area contributed by atoms with E-state index >= 15 is 0 Å². The second-order valence-corrected chi connectivity index (χ2v) is 7.42. The Balaban J connectivity index is 1.46. The van der Waals surface area contributed by atoms with Gasteiger partial charge in [-0.1, -0.05) is 6.08 Å². The van der Waals surface area contributed by atoms with E-state index in [1.165, 1.54) is 5.69 Å². The molecule has 0 amide bonds. The van der Waals surface area contributed by atoms with E-state index in [2.05, 4.69) is 28.5 Å². The second-order valence-electron chi connectivity index (χ2n) is 7.42. The smallest absolute Gasteiger partial charge is 0.123 e. The Labute approximate surface area is 179 Å². The van der Waals surface area contributed by atoms with Crippen LogP contribution in [0.2, 0.25) is 0 Å². The molecule has 0 radical (unpaired) electrons. The van der Waals surface area contributed by atoms with Gasteiger partial charge in [0.25, 0.3) is 0 Å². The summed E-state index contributed by atoms with van der Waals surface area (Å²) >= 11 is 0. The lowest BCUT2D eigenvalue weighted by Gasteiger charge is -2.36. The van der Waals surface area contributed by atoms with Crippen LogP contribution in [0.4, 0.5) is 5.69 Å². The molecule has 1 N–H and O–H groups in total. The molecule has 1 heterocycles. The van der Waals surface area contributed by atoms with E-state index in [1.807, 2.05) is 36.4 Å². The molecule has 0 aliphatic carbocycles. The minimum atomic E-state index is -0.545. The third-order valence-electron chi connectivity index (χ3n) is 5.34. The predicted octanol–water partition coefficient (Wildman–Crippen LogP) is 2.99. The summed E-state index contributed by atoms with van der Waals surface area (Å²) < 4.78 is 16.4. The molecule has 1 saturated heterocycles. The number of aliphatic hydroxyl groups excluding tert-OH is 1. The fourth-order valence-corrected chi connectivity index (χ4v) is 3.66. The zero-order valence-electron chi connectivity index (χ0n) is 17.9. The topological polar surface area (TPSA) is 54.4 Å². The van der Waals surface area contributed by atoms with E-state index in [4.69, 9.17) is 14.2 Å². The van der Waals surface area contributed by atoms with E-state index in [0.717, 1.165) is 49.0 Å². The maximum atomic E-state index is 10.5. The summed E-state index contributed by atoms with van der Waals surface area (Å²) in [5, 5.41) is 10.5. The molecule has 0 spiro atoms. The summed E-state index contributed by atoms with van der Waals surface area (Å²) in [5.41, 5.74) is 2.21. The van der Waals surface area contributed by atoms with Crippen molar-refractivity contribution in [3.63, 3.8) is 0 Å². The molecule has 162 valence electrons. The summed E-state index contributed by atoms with van der Waals surface area (Å²) in [6.07, 6.45) is 1.98. The molecule has 1 aliphatic rings. The zero-order valence-corrected chi connectivity index (χ0v) is 17.9. The van der Waals surface area contributed by atoms with Crippen LogP contribution < -0.4 is 19.1 Å². The largest absolute Gasteiger partial charge is 0.497 e. The lowest BCUT2D eigenvalue weighted by molar-refractivity contribution is 0.0660. The van der Waals surface area contributed by atoms with Crippen LogP contribution in [0.25, 0.3) is 0 Å². The highest BCUT2D eigenvalue weighted by Crippen LogP contribution is 2.25. The fraction of sp³-hybridized carbons (Fsp3) is 0.417. The molecule has 2 aromatic rings. The van der Waals surface area contributed by atoms with Crippen LogP contribution in [0.1, 0.15) is 5.56 Å². The number of nitrogens with zero attached hydrogens (tertiary/aromatic N) is 2. The van der Waals surface area contributed by atoms with Crippen LogP contribution >= 0.6 is 0 Å². The molecule has 1 fully saturated rings. The molecular weight excluding hydrogens is 380 g/mol. The third-order valence-corrected chi connectivity index (χ3v) is 5.34. The number of hydrogen-bond acceptors (Lipinski definition) is 6. The van der Waals surface area contributed by atoms with Crippen molar-refractivity contribution in [2.75, 3.05) is 58.5 Å². The Bertz CT molecular complexity index is 801. The molecule has 0 bridgehead atoms. The van der Waals surface area contributed by atoms with Crippen LogP contribution in [-0.4, -0.2) is 69.7 Å². The van der Waals surface area contributed by atoms with Gasteiger partial charge in [-0.25, -0.2) is 0 Å². The number of piperazine rings is 1. The molecule has 1 aliphatic heterocycles. The quantitative estimate of drug-likeness (QED) is 0.606. The zero-order chi connectivity index (χ0) is 21.3. The number of aliphatic hydroxyl groups is 1. The minimum Gasteiger partial charge on any atom is -0.497 e. The van der Waals surface area contributed by atoms with Crippen LogP contribution in [-0.2, 0) is 6.42 Å². The molecule has 6 nitrogen and oxygen atoms in total. The van der Waals surface area contributed by atoms with Crippen LogP contribution in [0.5, 0.6) is 17.2 Å². The Kier molecular flexibility index (Phi) is 7.99. The number of anilines is 1. The molecule has 1 atom stereocenters. The Morgan fingerprint density at radius 3 is 2.30 bits per heavy atom.